The van der Waals surface area contributed by atoms with Crippen LogP contribution in [0.5, 0.6) is 0 Å². The van der Waals surface area contributed by atoms with Gasteiger partial charge in [0.1, 0.15) is 0 Å². The third-order valence-corrected chi connectivity index (χ3v) is 15.8. The van der Waals surface area contributed by atoms with E-state index in [4.69, 9.17) is 8.42 Å². The molecule has 0 N–H and O–H groups in total. The Hall–Kier alpha value is -2.77. The Bertz CT molecular complexity index is 1270. The van der Waals surface area contributed by atoms with E-state index in [1.807, 2.05) is 0 Å². The molecule has 0 saturated carbocycles. The van der Waals surface area contributed by atoms with Gasteiger partial charge in [-0.1, -0.05) is 17.0 Å². The second-order valence-electron chi connectivity index (χ2n) is 7.99. The summed E-state index contributed by atoms with van der Waals surface area (Å²) < 4.78 is 23.8. The van der Waals surface area contributed by atoms with Crippen LogP contribution in [0.25, 0.3) is 17.4 Å². The van der Waals surface area contributed by atoms with E-state index in [1.165, 1.54) is 33.4 Å². The van der Waals surface area contributed by atoms with E-state index < -0.39 is 33.4 Å². The van der Waals surface area contributed by atoms with E-state index in [2.05, 4.69) is 126 Å². The average molecular weight is 658 g/mol. The van der Waals surface area contributed by atoms with Crippen molar-refractivity contribution >= 4 is 50.8 Å². The number of allylic oxidation sites excluding steroid dienone is 2. The Morgan fingerprint density at radius 1 is 0.471 bits per heavy atom. The van der Waals surface area contributed by atoms with Gasteiger partial charge in [-0.15, -0.1) is 0 Å². The summed E-state index contributed by atoms with van der Waals surface area (Å²) in [7, 11) is -1.86. The second-order valence-corrected chi connectivity index (χ2v) is 17.5. The third-order valence-electron chi connectivity index (χ3n) is 5.75. The van der Waals surface area contributed by atoms with Crippen LogP contribution >= 0.6 is 0 Å². The van der Waals surface area contributed by atoms with Crippen molar-refractivity contribution in [2.24, 2.45) is 0 Å². The zero-order chi connectivity index (χ0) is 23.9. The monoisotopic (exact) mass is 658 g/mol. The maximum atomic E-state index is 9.00. The summed E-state index contributed by atoms with van der Waals surface area (Å²) in [6.45, 7) is 0. The molecule has 0 spiro atoms. The fourth-order valence-electron chi connectivity index (χ4n) is 4.47. The Kier molecular flexibility index (Phi) is 8.30. The van der Waals surface area contributed by atoms with E-state index in [1.54, 1.807) is 6.26 Å². The Labute approximate surface area is 212 Å². The van der Waals surface area contributed by atoms with Crippen LogP contribution in [0.4, 0.5) is 0 Å². The van der Waals surface area contributed by atoms with Crippen LogP contribution in [0, 0.1) is 0 Å². The molecule has 0 aromatic heterocycles. The van der Waals surface area contributed by atoms with Crippen molar-refractivity contribution in [2.75, 3.05) is 6.26 Å². The molecular weight excluding hydrogens is 632 g/mol. The first-order chi connectivity index (χ1) is 16.6. The topological polar surface area (TPSA) is 34.1 Å². The van der Waals surface area contributed by atoms with E-state index >= 15 is 0 Å². The Morgan fingerprint density at radius 3 is 0.971 bits per heavy atom. The van der Waals surface area contributed by atoms with Gasteiger partial charge >= 0.3 is 188 Å². The van der Waals surface area contributed by atoms with Crippen molar-refractivity contribution in [2.45, 2.75) is 4.48 Å². The first-order valence-corrected chi connectivity index (χ1v) is 20.4. The number of hydrogen-bond acceptors (Lipinski definition) is 3. The number of hydrogen-bond donors (Lipinski definition) is 0. The fraction of sp³-hybridized carbons (Fsp3) is 0.0667. The van der Waals surface area contributed by atoms with Crippen molar-refractivity contribution in [3.63, 3.8) is 0 Å². The summed E-state index contributed by atoms with van der Waals surface area (Å²) in [5.74, 6) is 0. The van der Waals surface area contributed by atoms with Gasteiger partial charge in [0.2, 0.25) is 0 Å². The first-order valence-electron chi connectivity index (χ1n) is 11.1. The summed E-state index contributed by atoms with van der Waals surface area (Å²) >= 11 is -2.35. The molecule has 1 heterocycles. The molecule has 1 aliphatic rings. The molecule has 0 aliphatic carbocycles. The molecular formula is C30H26O2PbS-. The van der Waals surface area contributed by atoms with Crippen LogP contribution in [0.2, 0.25) is 4.48 Å². The summed E-state index contributed by atoms with van der Waals surface area (Å²) in [6, 6.07) is 44.1. The predicted octanol–water partition coefficient (Wildman–Crippen LogP) is 7.35. The summed E-state index contributed by atoms with van der Waals surface area (Å²) in [4.78, 5) is 0. The number of benzene rings is 4. The SMILES string of the molecule is C[S-](=O)=O.[CH3][Pb]1[C](c2ccccc2)=C(c2ccccc2)C(c2ccccc2)=[C]1c1ccccc1. The molecule has 4 heteroatoms. The van der Waals surface area contributed by atoms with Gasteiger partial charge in [0.25, 0.3) is 0 Å². The van der Waals surface area contributed by atoms with Gasteiger partial charge < -0.3 is 8.42 Å². The molecule has 34 heavy (non-hydrogen) atoms. The van der Waals surface area contributed by atoms with Crippen molar-refractivity contribution in [3.8, 4) is 0 Å². The zero-order valence-corrected chi connectivity index (χ0v) is 24.0. The summed E-state index contributed by atoms with van der Waals surface area (Å²) in [5, 5.41) is 0. The minimum atomic E-state index is -2.35. The second kappa shape index (κ2) is 11.6. The van der Waals surface area contributed by atoms with Crippen molar-refractivity contribution < 1.29 is 8.42 Å². The Balaban J connectivity index is 0.000000636. The molecule has 169 valence electrons. The van der Waals surface area contributed by atoms with Crippen molar-refractivity contribution in [1.82, 2.24) is 0 Å². The molecule has 0 unspecified atom stereocenters. The van der Waals surface area contributed by atoms with E-state index in [0.29, 0.717) is 0 Å². The van der Waals surface area contributed by atoms with Gasteiger partial charge in [-0.05, 0) is 0 Å². The summed E-state index contributed by atoms with van der Waals surface area (Å²) in [6.07, 6.45) is 1.08. The molecule has 4 aromatic carbocycles. The molecule has 1 aliphatic heterocycles. The Morgan fingerprint density at radius 2 is 0.706 bits per heavy atom. The van der Waals surface area contributed by atoms with E-state index in [-0.39, 0.29) is 0 Å². The fourth-order valence-corrected chi connectivity index (χ4v) is 15.1. The first kappa shape index (κ1) is 24.4. The van der Waals surface area contributed by atoms with Gasteiger partial charge in [-0.2, -0.15) is 0 Å². The van der Waals surface area contributed by atoms with Crippen LogP contribution in [-0.2, 0) is 19.1 Å². The van der Waals surface area contributed by atoms with Crippen LogP contribution in [-0.4, -0.2) is 29.0 Å². The molecule has 1 radical (unpaired) electrons. The molecule has 2 nitrogen and oxygen atoms in total. The van der Waals surface area contributed by atoms with Gasteiger partial charge in [0.05, 0.1) is 0 Å². The molecule has 0 bridgehead atoms. The standard InChI is InChI=1S/C28H20.CH3O2S.CH3.Pb/c1-5-13-23(14-6-1)21-27(25-17-9-3-10-18-25)28(26-19-11-4-12-20-26)22-24-15-7-2-8-16-24;1-4(2)3;;/h1-20H;1H3;1H3;/q;-1;;. The number of rotatable bonds is 4. The molecule has 0 fully saturated rings. The van der Waals surface area contributed by atoms with Gasteiger partial charge in [-0.25, -0.2) is 0 Å². The van der Waals surface area contributed by atoms with Crippen LogP contribution < -0.4 is 0 Å². The summed E-state index contributed by atoms with van der Waals surface area (Å²) in [5.41, 5.74) is 8.31. The van der Waals surface area contributed by atoms with Gasteiger partial charge in [-0.3, -0.25) is 0 Å². The molecule has 5 rings (SSSR count). The molecule has 0 atom stereocenters. The van der Waals surface area contributed by atoms with E-state index in [9.17, 15) is 0 Å². The van der Waals surface area contributed by atoms with Crippen molar-refractivity contribution in [3.05, 3.63) is 144 Å². The quantitative estimate of drug-likeness (QED) is 0.170. The van der Waals surface area contributed by atoms with Gasteiger partial charge in [0, 0.05) is 0 Å². The van der Waals surface area contributed by atoms with Crippen LogP contribution in [0.1, 0.15) is 22.3 Å². The maximum absolute atomic E-state index is 9.00. The zero-order valence-electron chi connectivity index (χ0n) is 19.3. The van der Waals surface area contributed by atoms with Crippen molar-refractivity contribution in [1.29, 1.82) is 0 Å². The predicted molar refractivity (Wildman–Crippen MR) is 146 cm³/mol. The minimum absolute atomic E-state index is 1.08. The molecule has 0 saturated heterocycles. The van der Waals surface area contributed by atoms with Gasteiger partial charge in [0.15, 0.2) is 0 Å². The molecule has 4 aromatic rings. The molecule has 0 amide bonds. The van der Waals surface area contributed by atoms with Crippen LogP contribution in [0.3, 0.4) is 0 Å². The van der Waals surface area contributed by atoms with E-state index in [0.717, 1.165) is 6.26 Å². The normalized spacial score (nSPS) is 13.7. The van der Waals surface area contributed by atoms with Crippen LogP contribution in [0.15, 0.2) is 121 Å². The third kappa shape index (κ3) is 5.48. The average Bonchev–Trinajstić information content (AvgIpc) is 3.18.